The number of cyclic esters (lactones) is 1. The van der Waals surface area contributed by atoms with Crippen LogP contribution < -0.4 is 0 Å². The van der Waals surface area contributed by atoms with Gasteiger partial charge in [0.1, 0.15) is 5.15 Å². The number of hydrogen-bond acceptors (Lipinski definition) is 4. The van der Waals surface area contributed by atoms with Crippen molar-refractivity contribution in [3.05, 3.63) is 86.2 Å². The van der Waals surface area contributed by atoms with E-state index in [1.807, 2.05) is 62.4 Å². The van der Waals surface area contributed by atoms with Crippen molar-refractivity contribution in [1.29, 1.82) is 0 Å². The molecule has 0 radical (unpaired) electrons. The van der Waals surface area contributed by atoms with Crippen molar-refractivity contribution in [2.45, 2.75) is 13.8 Å². The minimum atomic E-state index is -0.517. The van der Waals surface area contributed by atoms with E-state index in [0.717, 1.165) is 21.3 Å². The molecule has 1 aromatic heterocycles. The Morgan fingerprint density at radius 2 is 1.75 bits per heavy atom. The van der Waals surface area contributed by atoms with Gasteiger partial charge in [-0.25, -0.2) is 14.5 Å². The van der Waals surface area contributed by atoms with Crippen molar-refractivity contribution in [2.75, 3.05) is 0 Å². The molecule has 0 fully saturated rings. The molecule has 0 aliphatic carbocycles. The summed E-state index contributed by atoms with van der Waals surface area (Å²) in [7, 11) is 0. The second-order valence-electron chi connectivity index (χ2n) is 6.38. The summed E-state index contributed by atoms with van der Waals surface area (Å²) in [4.78, 5) is 16.6. The summed E-state index contributed by atoms with van der Waals surface area (Å²) in [6.07, 6.45) is 1.61. The first-order chi connectivity index (χ1) is 13.4. The van der Waals surface area contributed by atoms with Gasteiger partial charge in [0.15, 0.2) is 5.70 Å². The molecule has 7 heteroatoms. The lowest BCUT2D eigenvalue weighted by Gasteiger charge is -2.03. The smallest absolute Gasteiger partial charge is 0.363 e. The van der Waals surface area contributed by atoms with E-state index in [0.29, 0.717) is 16.4 Å². The summed E-state index contributed by atoms with van der Waals surface area (Å²) in [5.74, 6) is -0.250. The molecule has 28 heavy (non-hydrogen) atoms. The minimum absolute atomic E-state index is 0.186. The highest BCUT2D eigenvalue weighted by Gasteiger charge is 2.25. The third kappa shape index (κ3) is 3.53. The Morgan fingerprint density at radius 1 is 1.07 bits per heavy atom. The van der Waals surface area contributed by atoms with Gasteiger partial charge < -0.3 is 4.74 Å². The number of halogens is 2. The zero-order valence-corrected chi connectivity index (χ0v) is 17.5. The Bertz CT molecular complexity index is 1130. The van der Waals surface area contributed by atoms with E-state index in [9.17, 15) is 4.79 Å². The molecule has 2 heterocycles. The quantitative estimate of drug-likeness (QED) is 0.399. The fraction of sp³-hybridized carbons (Fsp3) is 0.0952. The van der Waals surface area contributed by atoms with E-state index in [-0.39, 0.29) is 11.6 Å². The Hall–Kier alpha value is -2.70. The maximum atomic E-state index is 12.3. The van der Waals surface area contributed by atoms with E-state index in [2.05, 4.69) is 26.0 Å². The second kappa shape index (κ2) is 7.37. The van der Waals surface area contributed by atoms with Gasteiger partial charge >= 0.3 is 5.97 Å². The van der Waals surface area contributed by atoms with Crippen molar-refractivity contribution in [1.82, 2.24) is 9.78 Å². The number of carbonyl (C=O) groups is 1. The second-order valence-corrected chi connectivity index (χ2v) is 7.65. The van der Waals surface area contributed by atoms with E-state index >= 15 is 0 Å². The number of carbonyl (C=O) groups excluding carboxylic acids is 1. The molecule has 1 aliphatic heterocycles. The number of ether oxygens (including phenoxy) is 1. The Balaban J connectivity index is 1.71. The van der Waals surface area contributed by atoms with E-state index in [1.165, 1.54) is 0 Å². The van der Waals surface area contributed by atoms with Crippen LogP contribution in [0.1, 0.15) is 22.4 Å². The average molecular weight is 457 g/mol. The molecule has 140 valence electrons. The molecule has 0 unspecified atom stereocenters. The SMILES string of the molecule is Cc1ccc(-n2nc(C)c(/C=C3\N=C(c4ccc(Br)cc4)OC3=O)c2Cl)cc1. The maximum Gasteiger partial charge on any atom is 0.363 e. The highest BCUT2D eigenvalue weighted by atomic mass is 79.9. The fourth-order valence-electron chi connectivity index (χ4n) is 2.79. The van der Waals surface area contributed by atoms with Crippen LogP contribution in [0.5, 0.6) is 0 Å². The third-order valence-corrected chi connectivity index (χ3v) is 5.21. The van der Waals surface area contributed by atoms with Gasteiger partial charge in [-0.1, -0.05) is 45.2 Å². The van der Waals surface area contributed by atoms with Crippen molar-refractivity contribution in [3.8, 4) is 5.69 Å². The van der Waals surface area contributed by atoms with Gasteiger partial charge in [-0.3, -0.25) is 0 Å². The van der Waals surface area contributed by atoms with Crippen LogP contribution in [0, 0.1) is 13.8 Å². The monoisotopic (exact) mass is 455 g/mol. The summed E-state index contributed by atoms with van der Waals surface area (Å²) >= 11 is 9.93. The zero-order chi connectivity index (χ0) is 19.8. The summed E-state index contributed by atoms with van der Waals surface area (Å²) in [6, 6.07) is 15.2. The summed E-state index contributed by atoms with van der Waals surface area (Å²) in [5, 5.41) is 4.91. The number of aryl methyl sites for hydroxylation is 2. The van der Waals surface area contributed by atoms with Gasteiger partial charge in [-0.2, -0.15) is 5.10 Å². The molecule has 4 rings (SSSR count). The molecule has 0 bridgehead atoms. The summed E-state index contributed by atoms with van der Waals surface area (Å²) in [6.45, 7) is 3.85. The van der Waals surface area contributed by atoms with Crippen molar-refractivity contribution < 1.29 is 9.53 Å². The molecule has 0 spiro atoms. The van der Waals surface area contributed by atoms with E-state index in [1.54, 1.807) is 10.8 Å². The average Bonchev–Trinajstić information content (AvgIpc) is 3.18. The molecular formula is C21H15BrClN3O2. The minimum Gasteiger partial charge on any atom is -0.402 e. The topological polar surface area (TPSA) is 56.5 Å². The lowest BCUT2D eigenvalue weighted by molar-refractivity contribution is -0.129. The first-order valence-electron chi connectivity index (χ1n) is 8.53. The van der Waals surface area contributed by atoms with Crippen LogP contribution in [0.3, 0.4) is 0 Å². The van der Waals surface area contributed by atoms with Crippen LogP contribution in [0.4, 0.5) is 0 Å². The van der Waals surface area contributed by atoms with Crippen molar-refractivity contribution in [2.24, 2.45) is 4.99 Å². The largest absolute Gasteiger partial charge is 0.402 e. The fourth-order valence-corrected chi connectivity index (χ4v) is 3.39. The van der Waals surface area contributed by atoms with Gasteiger partial charge in [0.05, 0.1) is 11.4 Å². The Kier molecular flexibility index (Phi) is 4.91. The molecule has 0 atom stereocenters. The Labute approximate surface area is 175 Å². The molecule has 0 N–H and O–H groups in total. The number of benzene rings is 2. The molecule has 0 amide bonds. The number of hydrogen-bond donors (Lipinski definition) is 0. The zero-order valence-electron chi connectivity index (χ0n) is 15.1. The summed E-state index contributed by atoms with van der Waals surface area (Å²) < 4.78 is 7.89. The molecule has 3 aromatic rings. The van der Waals surface area contributed by atoms with Crippen LogP contribution >= 0.6 is 27.5 Å². The maximum absolute atomic E-state index is 12.3. The number of aromatic nitrogens is 2. The van der Waals surface area contributed by atoms with Gasteiger partial charge in [-0.15, -0.1) is 0 Å². The van der Waals surface area contributed by atoms with E-state index in [4.69, 9.17) is 16.3 Å². The third-order valence-electron chi connectivity index (χ3n) is 4.32. The molecule has 1 aliphatic rings. The van der Waals surface area contributed by atoms with Gasteiger partial charge in [0.25, 0.3) is 0 Å². The van der Waals surface area contributed by atoms with Crippen LogP contribution in [0.25, 0.3) is 11.8 Å². The number of esters is 1. The van der Waals surface area contributed by atoms with Crippen LogP contribution in [0.15, 0.2) is 63.7 Å². The standard InChI is InChI=1S/C21H15BrClN3O2/c1-12-3-9-16(10-4-12)26-19(23)17(13(2)25-26)11-18-21(27)28-20(24-18)14-5-7-15(22)8-6-14/h3-11H,1-2H3/b18-11-. The van der Waals surface area contributed by atoms with Gasteiger partial charge in [-0.05, 0) is 56.3 Å². The first-order valence-corrected chi connectivity index (χ1v) is 9.70. The van der Waals surface area contributed by atoms with Crippen LogP contribution in [-0.2, 0) is 9.53 Å². The first kappa shape index (κ1) is 18.7. The van der Waals surface area contributed by atoms with Crippen LogP contribution in [0.2, 0.25) is 5.15 Å². The highest BCUT2D eigenvalue weighted by molar-refractivity contribution is 9.10. The number of rotatable bonds is 3. The lowest BCUT2D eigenvalue weighted by Crippen LogP contribution is -2.05. The highest BCUT2D eigenvalue weighted by Crippen LogP contribution is 2.28. The molecule has 5 nitrogen and oxygen atoms in total. The summed E-state index contributed by atoms with van der Waals surface area (Å²) in [5.41, 5.74) is 4.23. The predicted molar refractivity (Wildman–Crippen MR) is 113 cm³/mol. The van der Waals surface area contributed by atoms with Crippen LogP contribution in [-0.4, -0.2) is 21.6 Å². The number of nitrogens with zero attached hydrogens (tertiary/aromatic N) is 3. The lowest BCUT2D eigenvalue weighted by atomic mass is 10.2. The van der Waals surface area contributed by atoms with Gasteiger partial charge in [0.2, 0.25) is 5.90 Å². The van der Waals surface area contributed by atoms with E-state index < -0.39 is 5.97 Å². The number of aliphatic imine (C=N–C) groups is 1. The molecular weight excluding hydrogens is 442 g/mol. The van der Waals surface area contributed by atoms with Crippen molar-refractivity contribution >= 4 is 45.5 Å². The predicted octanol–water partition coefficient (Wildman–Crippen LogP) is 5.25. The normalized spacial score (nSPS) is 15.1. The molecule has 2 aromatic carbocycles. The Morgan fingerprint density at radius 3 is 2.43 bits per heavy atom. The van der Waals surface area contributed by atoms with Crippen molar-refractivity contribution in [3.63, 3.8) is 0 Å². The molecule has 0 saturated heterocycles. The molecule has 0 saturated carbocycles. The van der Waals surface area contributed by atoms with Gasteiger partial charge in [0, 0.05) is 15.6 Å².